The maximum Gasteiger partial charge on any atom is 0.336 e. The first-order chi connectivity index (χ1) is 15.0. The lowest BCUT2D eigenvalue weighted by Gasteiger charge is -2.21. The molecule has 1 heterocycles. The Kier molecular flexibility index (Phi) is 7.07. The molecule has 0 spiro atoms. The SMILES string of the molecule is CCc1cc(=O)oc2c(C)c(OC(=O)C(NS(=O)(=O)c3ccc(Cl)cc3)C(C)C)ccc12. The Morgan fingerprint density at radius 3 is 2.41 bits per heavy atom. The van der Waals surface area contributed by atoms with Crippen molar-refractivity contribution in [2.45, 2.75) is 45.1 Å². The number of carbonyl (C=O) groups excluding carboxylic acids is 1. The lowest BCUT2D eigenvalue weighted by atomic mass is 10.0. The molecule has 0 saturated carbocycles. The molecule has 0 fully saturated rings. The largest absolute Gasteiger partial charge is 0.425 e. The second-order valence-corrected chi connectivity index (χ2v) is 9.88. The van der Waals surface area contributed by atoms with E-state index >= 15 is 0 Å². The van der Waals surface area contributed by atoms with Crippen molar-refractivity contribution in [3.05, 3.63) is 69.0 Å². The van der Waals surface area contributed by atoms with E-state index < -0.39 is 33.6 Å². The van der Waals surface area contributed by atoms with Crippen LogP contribution in [0.4, 0.5) is 0 Å². The number of sulfonamides is 1. The van der Waals surface area contributed by atoms with Crippen LogP contribution >= 0.6 is 11.6 Å². The maximum absolute atomic E-state index is 12.9. The Balaban J connectivity index is 1.91. The van der Waals surface area contributed by atoms with Gasteiger partial charge in [-0.25, -0.2) is 18.0 Å². The average molecular weight is 478 g/mol. The van der Waals surface area contributed by atoms with Crippen molar-refractivity contribution in [3.63, 3.8) is 0 Å². The van der Waals surface area contributed by atoms with Gasteiger partial charge in [-0.15, -0.1) is 0 Å². The van der Waals surface area contributed by atoms with Gasteiger partial charge in [-0.3, -0.25) is 0 Å². The summed E-state index contributed by atoms with van der Waals surface area (Å²) in [4.78, 5) is 24.8. The first-order valence-corrected chi connectivity index (χ1v) is 12.0. The summed E-state index contributed by atoms with van der Waals surface area (Å²) in [5.41, 5.74) is 1.15. The van der Waals surface area contributed by atoms with Crippen LogP contribution < -0.4 is 15.1 Å². The van der Waals surface area contributed by atoms with Gasteiger partial charge < -0.3 is 9.15 Å². The summed E-state index contributed by atoms with van der Waals surface area (Å²) in [6.07, 6.45) is 0.641. The van der Waals surface area contributed by atoms with E-state index in [1.165, 1.54) is 30.3 Å². The molecule has 0 saturated heterocycles. The Morgan fingerprint density at radius 2 is 1.81 bits per heavy atom. The molecule has 9 heteroatoms. The molecule has 1 atom stereocenters. The molecule has 1 unspecified atom stereocenters. The number of ether oxygens (including phenoxy) is 1. The van der Waals surface area contributed by atoms with E-state index in [0.29, 0.717) is 22.6 Å². The number of benzene rings is 2. The Bertz CT molecular complexity index is 1310. The molecule has 0 aliphatic rings. The molecule has 32 heavy (non-hydrogen) atoms. The summed E-state index contributed by atoms with van der Waals surface area (Å²) in [6, 6.07) is 9.25. The van der Waals surface area contributed by atoms with Gasteiger partial charge in [0.25, 0.3) is 0 Å². The average Bonchev–Trinajstić information content (AvgIpc) is 2.73. The second-order valence-electron chi connectivity index (χ2n) is 7.73. The molecule has 2 aromatic carbocycles. The highest BCUT2D eigenvalue weighted by atomic mass is 35.5. The molecule has 3 rings (SSSR count). The van der Waals surface area contributed by atoms with E-state index in [9.17, 15) is 18.0 Å². The van der Waals surface area contributed by atoms with E-state index in [1.807, 2.05) is 6.92 Å². The normalized spacial score (nSPS) is 12.8. The van der Waals surface area contributed by atoms with Crippen LogP contribution in [0.3, 0.4) is 0 Å². The lowest BCUT2D eigenvalue weighted by Crippen LogP contribution is -2.46. The standard InChI is InChI=1S/C23H24ClNO6S/c1-5-15-12-20(26)31-22-14(4)19(11-10-18(15)22)30-23(27)21(13(2)3)25-32(28,29)17-8-6-16(24)7-9-17/h6-13,21,25H,5H2,1-4H3. The van der Waals surface area contributed by atoms with Crippen molar-refractivity contribution in [2.24, 2.45) is 5.92 Å². The fourth-order valence-corrected chi connectivity index (χ4v) is 4.75. The molecule has 0 aliphatic carbocycles. The number of hydrogen-bond acceptors (Lipinski definition) is 6. The minimum atomic E-state index is -3.99. The third-order valence-corrected chi connectivity index (χ3v) is 6.82. The summed E-state index contributed by atoms with van der Waals surface area (Å²) in [5.74, 6) is -0.973. The second kappa shape index (κ2) is 9.44. The number of nitrogens with one attached hydrogen (secondary N) is 1. The van der Waals surface area contributed by atoms with Crippen LogP contribution in [0.2, 0.25) is 5.02 Å². The highest BCUT2D eigenvalue weighted by Crippen LogP contribution is 2.29. The van der Waals surface area contributed by atoms with Gasteiger partial charge in [-0.05, 0) is 61.2 Å². The van der Waals surface area contributed by atoms with Crippen LogP contribution in [-0.2, 0) is 21.2 Å². The highest BCUT2D eigenvalue weighted by molar-refractivity contribution is 7.89. The maximum atomic E-state index is 12.9. The van der Waals surface area contributed by atoms with Gasteiger partial charge in [-0.2, -0.15) is 4.72 Å². The van der Waals surface area contributed by atoms with Crippen LogP contribution in [0.1, 0.15) is 31.9 Å². The molecule has 1 aromatic heterocycles. The van der Waals surface area contributed by atoms with Gasteiger partial charge in [0.05, 0.1) is 4.90 Å². The van der Waals surface area contributed by atoms with Gasteiger partial charge in [0, 0.05) is 22.0 Å². The highest BCUT2D eigenvalue weighted by Gasteiger charge is 2.30. The van der Waals surface area contributed by atoms with Crippen molar-refractivity contribution < 1.29 is 22.4 Å². The first-order valence-electron chi connectivity index (χ1n) is 10.1. The van der Waals surface area contributed by atoms with Crippen LogP contribution in [0.25, 0.3) is 11.0 Å². The van der Waals surface area contributed by atoms with Crippen LogP contribution in [0.15, 0.2) is 56.6 Å². The number of hydrogen-bond donors (Lipinski definition) is 1. The van der Waals surface area contributed by atoms with Crippen molar-refractivity contribution in [2.75, 3.05) is 0 Å². The first kappa shape index (κ1) is 24.0. The number of carbonyl (C=O) groups is 1. The zero-order valence-corrected chi connectivity index (χ0v) is 19.7. The minimum absolute atomic E-state index is 0.0175. The van der Waals surface area contributed by atoms with E-state index in [2.05, 4.69) is 4.72 Å². The van der Waals surface area contributed by atoms with E-state index in [4.69, 9.17) is 20.8 Å². The minimum Gasteiger partial charge on any atom is -0.425 e. The predicted octanol–water partition coefficient (Wildman–Crippen LogP) is 4.23. The van der Waals surface area contributed by atoms with E-state index in [1.54, 1.807) is 32.9 Å². The third kappa shape index (κ3) is 5.03. The van der Waals surface area contributed by atoms with Gasteiger partial charge in [0.1, 0.15) is 17.4 Å². The van der Waals surface area contributed by atoms with Gasteiger partial charge in [-0.1, -0.05) is 32.4 Å². The van der Waals surface area contributed by atoms with Crippen molar-refractivity contribution >= 4 is 38.6 Å². The van der Waals surface area contributed by atoms with Crippen molar-refractivity contribution in [1.82, 2.24) is 4.72 Å². The van der Waals surface area contributed by atoms with Crippen molar-refractivity contribution in [1.29, 1.82) is 0 Å². The third-order valence-electron chi connectivity index (χ3n) is 5.11. The molecule has 0 aliphatic heterocycles. The fourth-order valence-electron chi connectivity index (χ4n) is 3.29. The topological polar surface area (TPSA) is 103 Å². The molecule has 3 aromatic rings. The summed E-state index contributed by atoms with van der Waals surface area (Å²) in [6.45, 7) is 7.01. The van der Waals surface area contributed by atoms with Gasteiger partial charge in [0.15, 0.2) is 0 Å². The molecule has 0 amide bonds. The van der Waals surface area contributed by atoms with Crippen LogP contribution in [0.5, 0.6) is 5.75 Å². The smallest absolute Gasteiger partial charge is 0.336 e. The molecular weight excluding hydrogens is 454 g/mol. The summed E-state index contributed by atoms with van der Waals surface area (Å²) in [7, 11) is -3.99. The number of aryl methyl sites for hydroxylation is 2. The molecule has 170 valence electrons. The predicted molar refractivity (Wildman–Crippen MR) is 123 cm³/mol. The summed E-state index contributed by atoms with van der Waals surface area (Å²) >= 11 is 5.83. The van der Waals surface area contributed by atoms with Gasteiger partial charge >= 0.3 is 11.6 Å². The van der Waals surface area contributed by atoms with Gasteiger partial charge in [0.2, 0.25) is 10.0 Å². The van der Waals surface area contributed by atoms with Crippen LogP contribution in [-0.4, -0.2) is 20.4 Å². The number of fused-ring (bicyclic) bond motifs is 1. The molecule has 0 radical (unpaired) electrons. The summed E-state index contributed by atoms with van der Waals surface area (Å²) < 4.78 is 38.8. The zero-order chi connectivity index (χ0) is 23.6. The fraction of sp³-hybridized carbons (Fsp3) is 0.304. The number of esters is 1. The van der Waals surface area contributed by atoms with E-state index in [-0.39, 0.29) is 10.6 Å². The number of rotatable bonds is 7. The Hall–Kier alpha value is -2.68. The Morgan fingerprint density at radius 1 is 1.16 bits per heavy atom. The molecule has 7 nitrogen and oxygen atoms in total. The lowest BCUT2D eigenvalue weighted by molar-refractivity contribution is -0.137. The molecule has 1 N–H and O–H groups in total. The van der Waals surface area contributed by atoms with Crippen LogP contribution in [0, 0.1) is 12.8 Å². The quantitative estimate of drug-likeness (QED) is 0.310. The Labute approximate surface area is 191 Å². The zero-order valence-electron chi connectivity index (χ0n) is 18.1. The molecular formula is C23H24ClNO6S. The molecule has 0 bridgehead atoms. The van der Waals surface area contributed by atoms with Crippen molar-refractivity contribution in [3.8, 4) is 5.75 Å². The van der Waals surface area contributed by atoms with E-state index in [0.717, 1.165) is 10.9 Å². The monoisotopic (exact) mass is 477 g/mol. The summed E-state index contributed by atoms with van der Waals surface area (Å²) in [5, 5.41) is 1.15. The number of halogens is 1.